The van der Waals surface area contributed by atoms with Gasteiger partial charge in [0.2, 0.25) is 0 Å². The van der Waals surface area contributed by atoms with Crippen LogP contribution in [-0.2, 0) is 0 Å². The SMILES string of the molecule is Cc1cc(C)c(I)c(S)c1. The third-order valence-electron chi connectivity index (χ3n) is 1.38. The highest BCUT2D eigenvalue weighted by molar-refractivity contribution is 14.1. The van der Waals surface area contributed by atoms with Crippen molar-refractivity contribution in [2.45, 2.75) is 18.7 Å². The van der Waals surface area contributed by atoms with E-state index in [2.05, 4.69) is 61.2 Å². The third kappa shape index (κ3) is 1.66. The van der Waals surface area contributed by atoms with Crippen LogP contribution in [0.2, 0.25) is 0 Å². The van der Waals surface area contributed by atoms with E-state index in [0.29, 0.717) is 0 Å². The summed E-state index contributed by atoms with van der Waals surface area (Å²) in [6.45, 7) is 4.19. The lowest BCUT2D eigenvalue weighted by atomic mass is 10.2. The molecule has 0 aromatic heterocycles. The first kappa shape index (κ1) is 8.40. The van der Waals surface area contributed by atoms with Gasteiger partial charge in [-0.3, -0.25) is 0 Å². The molecule has 0 saturated heterocycles. The molecule has 0 aliphatic heterocycles. The van der Waals surface area contributed by atoms with E-state index in [4.69, 9.17) is 0 Å². The summed E-state index contributed by atoms with van der Waals surface area (Å²) in [4.78, 5) is 1.08. The summed E-state index contributed by atoms with van der Waals surface area (Å²) < 4.78 is 1.26. The monoisotopic (exact) mass is 264 g/mol. The maximum Gasteiger partial charge on any atom is 0.0293 e. The number of hydrogen-bond donors (Lipinski definition) is 1. The second-order valence-corrected chi connectivity index (χ2v) is 3.98. The van der Waals surface area contributed by atoms with Crippen molar-refractivity contribution < 1.29 is 0 Å². The fraction of sp³-hybridized carbons (Fsp3) is 0.250. The van der Waals surface area contributed by atoms with Crippen LogP contribution in [0, 0.1) is 17.4 Å². The molecule has 0 saturated carbocycles. The minimum atomic E-state index is 1.08. The van der Waals surface area contributed by atoms with E-state index in [1.807, 2.05) is 0 Å². The van der Waals surface area contributed by atoms with E-state index in [1.54, 1.807) is 0 Å². The van der Waals surface area contributed by atoms with Crippen LogP contribution in [0.15, 0.2) is 17.0 Å². The molecule has 0 atom stereocenters. The van der Waals surface area contributed by atoms with Crippen molar-refractivity contribution in [3.63, 3.8) is 0 Å². The van der Waals surface area contributed by atoms with Gasteiger partial charge in [0.1, 0.15) is 0 Å². The Balaban J connectivity index is 3.31. The average Bonchev–Trinajstić information content (AvgIpc) is 1.82. The van der Waals surface area contributed by atoms with E-state index < -0.39 is 0 Å². The lowest BCUT2D eigenvalue weighted by Gasteiger charge is -2.02. The zero-order chi connectivity index (χ0) is 7.72. The number of halogens is 1. The largest absolute Gasteiger partial charge is 0.142 e. The van der Waals surface area contributed by atoms with Crippen LogP contribution in [0.25, 0.3) is 0 Å². The summed E-state index contributed by atoms with van der Waals surface area (Å²) in [6, 6.07) is 4.25. The minimum absolute atomic E-state index is 1.08. The van der Waals surface area contributed by atoms with Crippen LogP contribution >= 0.6 is 35.2 Å². The maximum absolute atomic E-state index is 4.33. The summed E-state index contributed by atoms with van der Waals surface area (Å²) in [5, 5.41) is 0. The van der Waals surface area contributed by atoms with Crippen molar-refractivity contribution in [1.82, 2.24) is 0 Å². The summed E-state index contributed by atoms with van der Waals surface area (Å²) in [7, 11) is 0. The number of rotatable bonds is 0. The van der Waals surface area contributed by atoms with Gasteiger partial charge in [-0.25, -0.2) is 0 Å². The molecule has 2 heteroatoms. The molecule has 0 N–H and O–H groups in total. The van der Waals surface area contributed by atoms with Crippen molar-refractivity contribution in [1.29, 1.82) is 0 Å². The highest BCUT2D eigenvalue weighted by Crippen LogP contribution is 2.21. The van der Waals surface area contributed by atoms with E-state index in [-0.39, 0.29) is 0 Å². The van der Waals surface area contributed by atoms with Gasteiger partial charge in [0.15, 0.2) is 0 Å². The molecule has 1 rings (SSSR count). The van der Waals surface area contributed by atoms with Gasteiger partial charge < -0.3 is 0 Å². The maximum atomic E-state index is 4.33. The lowest BCUT2D eigenvalue weighted by Crippen LogP contribution is -1.83. The van der Waals surface area contributed by atoms with Gasteiger partial charge in [0, 0.05) is 8.47 Å². The van der Waals surface area contributed by atoms with Gasteiger partial charge in [-0.1, -0.05) is 6.07 Å². The predicted molar refractivity (Wildman–Crippen MR) is 55.9 cm³/mol. The van der Waals surface area contributed by atoms with Crippen molar-refractivity contribution >= 4 is 35.2 Å². The highest BCUT2D eigenvalue weighted by Gasteiger charge is 1.98. The fourth-order valence-corrected chi connectivity index (χ4v) is 1.62. The molecule has 0 bridgehead atoms. The van der Waals surface area contributed by atoms with Gasteiger partial charge in [-0.2, -0.15) is 0 Å². The van der Waals surface area contributed by atoms with Crippen LogP contribution < -0.4 is 0 Å². The number of aryl methyl sites for hydroxylation is 2. The predicted octanol–water partition coefficient (Wildman–Crippen LogP) is 3.20. The van der Waals surface area contributed by atoms with E-state index in [1.165, 1.54) is 14.7 Å². The van der Waals surface area contributed by atoms with Crippen LogP contribution in [0.3, 0.4) is 0 Å². The van der Waals surface area contributed by atoms with Crippen LogP contribution in [0.5, 0.6) is 0 Å². The first-order chi connectivity index (χ1) is 4.61. The van der Waals surface area contributed by atoms with Gasteiger partial charge in [0.05, 0.1) is 0 Å². The van der Waals surface area contributed by atoms with Gasteiger partial charge in [-0.15, -0.1) is 12.6 Å². The summed E-state index contributed by atoms with van der Waals surface area (Å²) in [6.07, 6.45) is 0. The molecule has 0 aliphatic rings. The highest BCUT2D eigenvalue weighted by atomic mass is 127. The van der Waals surface area contributed by atoms with Crippen LogP contribution in [0.4, 0.5) is 0 Å². The molecule has 1 aromatic carbocycles. The summed E-state index contributed by atoms with van der Waals surface area (Å²) in [5.74, 6) is 0. The lowest BCUT2D eigenvalue weighted by molar-refractivity contribution is 1.26. The zero-order valence-corrected chi connectivity index (χ0v) is 9.03. The molecule has 0 radical (unpaired) electrons. The molecule has 0 fully saturated rings. The first-order valence-electron chi connectivity index (χ1n) is 3.07. The Kier molecular flexibility index (Phi) is 2.63. The molecule has 0 nitrogen and oxygen atoms in total. The smallest absolute Gasteiger partial charge is 0.0293 e. The molecule has 1 aromatic rings. The molecular formula is C8H9IS. The summed E-state index contributed by atoms with van der Waals surface area (Å²) >= 11 is 6.64. The Morgan fingerprint density at radius 3 is 2.40 bits per heavy atom. The molecule has 0 amide bonds. The zero-order valence-electron chi connectivity index (χ0n) is 5.98. The number of hydrogen-bond acceptors (Lipinski definition) is 1. The quantitative estimate of drug-likeness (QED) is 0.540. The second-order valence-electron chi connectivity index (χ2n) is 2.41. The molecule has 0 unspecified atom stereocenters. The Bertz CT molecular complexity index is 232. The third-order valence-corrected chi connectivity index (χ3v) is 3.59. The van der Waals surface area contributed by atoms with Gasteiger partial charge >= 0.3 is 0 Å². The first-order valence-corrected chi connectivity index (χ1v) is 4.59. The number of thiol groups is 1. The van der Waals surface area contributed by atoms with Crippen molar-refractivity contribution in [3.05, 3.63) is 26.8 Å². The molecular weight excluding hydrogens is 255 g/mol. The molecule has 10 heavy (non-hydrogen) atoms. The molecule has 0 spiro atoms. The van der Waals surface area contributed by atoms with E-state index in [9.17, 15) is 0 Å². The Labute approximate surface area is 80.6 Å². The molecule has 54 valence electrons. The Hall–Kier alpha value is 0.300. The Morgan fingerprint density at radius 1 is 1.30 bits per heavy atom. The Morgan fingerprint density at radius 2 is 1.90 bits per heavy atom. The second kappa shape index (κ2) is 3.13. The number of benzene rings is 1. The van der Waals surface area contributed by atoms with Crippen molar-refractivity contribution in [2.75, 3.05) is 0 Å². The fourth-order valence-electron chi connectivity index (χ4n) is 0.928. The average molecular weight is 264 g/mol. The van der Waals surface area contributed by atoms with Crippen molar-refractivity contribution in [2.24, 2.45) is 0 Å². The molecule has 0 heterocycles. The molecule has 0 aliphatic carbocycles. The standard InChI is InChI=1S/C8H9IS/c1-5-3-6(2)8(9)7(10)4-5/h3-4,10H,1-2H3. The van der Waals surface area contributed by atoms with E-state index >= 15 is 0 Å². The van der Waals surface area contributed by atoms with Crippen LogP contribution in [0.1, 0.15) is 11.1 Å². The van der Waals surface area contributed by atoms with Crippen molar-refractivity contribution in [3.8, 4) is 0 Å². The topological polar surface area (TPSA) is 0 Å². The minimum Gasteiger partial charge on any atom is -0.142 e. The van der Waals surface area contributed by atoms with Crippen LogP contribution in [-0.4, -0.2) is 0 Å². The van der Waals surface area contributed by atoms with Gasteiger partial charge in [-0.05, 0) is 53.6 Å². The summed E-state index contributed by atoms with van der Waals surface area (Å²) in [5.41, 5.74) is 2.59. The van der Waals surface area contributed by atoms with E-state index in [0.717, 1.165) is 4.90 Å². The van der Waals surface area contributed by atoms with Gasteiger partial charge in [0.25, 0.3) is 0 Å². The normalized spacial score (nSPS) is 10.0.